The van der Waals surface area contributed by atoms with Crippen molar-refractivity contribution in [1.29, 1.82) is 0 Å². The second-order valence-corrected chi connectivity index (χ2v) is 3.00. The highest BCUT2D eigenvalue weighted by molar-refractivity contribution is 6.31. The van der Waals surface area contributed by atoms with Crippen LogP contribution in [0.5, 0.6) is 6.01 Å². The average molecular weight is 195 g/mol. The van der Waals surface area contributed by atoms with Gasteiger partial charge in [-0.1, -0.05) is 11.6 Å². The molecule has 2 aromatic rings. The average Bonchev–Trinajstić information content (AvgIpc) is 2.17. The first-order chi connectivity index (χ1) is 6.29. The van der Waals surface area contributed by atoms with Crippen molar-refractivity contribution in [3.8, 4) is 6.01 Å². The Hall–Kier alpha value is -1.35. The standard InChI is InChI=1S/C9H7ClN2O/c1-13-9-11-5-6-4-7(10)2-3-8(6)12-9/h2-5H,1H3. The summed E-state index contributed by atoms with van der Waals surface area (Å²) in [6, 6.07) is 5.81. The number of aromatic nitrogens is 2. The zero-order chi connectivity index (χ0) is 9.26. The summed E-state index contributed by atoms with van der Waals surface area (Å²) in [5.41, 5.74) is 0.830. The summed E-state index contributed by atoms with van der Waals surface area (Å²) in [5.74, 6) is 0. The topological polar surface area (TPSA) is 35.0 Å². The monoisotopic (exact) mass is 194 g/mol. The third-order valence-electron chi connectivity index (χ3n) is 1.70. The van der Waals surface area contributed by atoms with Crippen molar-refractivity contribution in [2.75, 3.05) is 7.11 Å². The number of fused-ring (bicyclic) bond motifs is 1. The van der Waals surface area contributed by atoms with Gasteiger partial charge < -0.3 is 4.74 Å². The van der Waals surface area contributed by atoms with E-state index in [1.165, 1.54) is 7.11 Å². The van der Waals surface area contributed by atoms with E-state index < -0.39 is 0 Å². The number of benzene rings is 1. The number of ether oxygens (including phenoxy) is 1. The Labute approximate surface area is 80.3 Å². The molecule has 66 valence electrons. The van der Waals surface area contributed by atoms with Gasteiger partial charge in [-0.3, -0.25) is 0 Å². The van der Waals surface area contributed by atoms with Crippen LogP contribution in [-0.4, -0.2) is 17.1 Å². The molecule has 0 N–H and O–H groups in total. The largest absolute Gasteiger partial charge is 0.467 e. The van der Waals surface area contributed by atoms with E-state index >= 15 is 0 Å². The van der Waals surface area contributed by atoms with E-state index in [0.29, 0.717) is 11.0 Å². The minimum absolute atomic E-state index is 0.370. The summed E-state index contributed by atoms with van der Waals surface area (Å²) in [7, 11) is 1.54. The first kappa shape index (κ1) is 8.26. The molecular weight excluding hydrogens is 188 g/mol. The third-order valence-corrected chi connectivity index (χ3v) is 1.94. The maximum absolute atomic E-state index is 5.81. The summed E-state index contributed by atoms with van der Waals surface area (Å²) >= 11 is 5.81. The Morgan fingerprint density at radius 1 is 1.38 bits per heavy atom. The molecule has 0 atom stereocenters. The van der Waals surface area contributed by atoms with Crippen molar-refractivity contribution in [3.63, 3.8) is 0 Å². The Morgan fingerprint density at radius 3 is 3.00 bits per heavy atom. The lowest BCUT2D eigenvalue weighted by atomic mass is 10.2. The highest BCUT2D eigenvalue weighted by Gasteiger charge is 1.99. The van der Waals surface area contributed by atoms with Gasteiger partial charge in [-0.25, -0.2) is 4.98 Å². The third kappa shape index (κ3) is 1.55. The van der Waals surface area contributed by atoms with Gasteiger partial charge in [0, 0.05) is 16.6 Å². The molecule has 0 radical (unpaired) electrons. The maximum atomic E-state index is 5.81. The predicted octanol–water partition coefficient (Wildman–Crippen LogP) is 2.29. The van der Waals surface area contributed by atoms with Crippen molar-refractivity contribution >= 4 is 22.5 Å². The van der Waals surface area contributed by atoms with Crippen LogP contribution in [0.15, 0.2) is 24.4 Å². The fraction of sp³-hybridized carbons (Fsp3) is 0.111. The van der Waals surface area contributed by atoms with Gasteiger partial charge in [0.15, 0.2) is 0 Å². The second-order valence-electron chi connectivity index (χ2n) is 2.56. The van der Waals surface area contributed by atoms with Crippen LogP contribution in [0, 0.1) is 0 Å². The molecule has 13 heavy (non-hydrogen) atoms. The van der Waals surface area contributed by atoms with Crippen LogP contribution in [0.2, 0.25) is 5.02 Å². The minimum Gasteiger partial charge on any atom is -0.467 e. The fourth-order valence-electron chi connectivity index (χ4n) is 1.09. The van der Waals surface area contributed by atoms with Crippen LogP contribution in [0.3, 0.4) is 0 Å². The minimum atomic E-state index is 0.370. The van der Waals surface area contributed by atoms with Crippen molar-refractivity contribution in [3.05, 3.63) is 29.4 Å². The van der Waals surface area contributed by atoms with Gasteiger partial charge >= 0.3 is 6.01 Å². The van der Waals surface area contributed by atoms with Gasteiger partial charge in [-0.15, -0.1) is 0 Å². The van der Waals surface area contributed by atoms with Crippen LogP contribution < -0.4 is 4.74 Å². The highest BCUT2D eigenvalue weighted by Crippen LogP contribution is 2.18. The van der Waals surface area contributed by atoms with Crippen molar-refractivity contribution in [2.45, 2.75) is 0 Å². The fourth-order valence-corrected chi connectivity index (χ4v) is 1.27. The molecule has 0 saturated heterocycles. The lowest BCUT2D eigenvalue weighted by Crippen LogP contribution is -1.91. The van der Waals surface area contributed by atoms with Crippen LogP contribution in [0.1, 0.15) is 0 Å². The second kappa shape index (κ2) is 3.18. The SMILES string of the molecule is COc1ncc2cc(Cl)ccc2n1. The van der Waals surface area contributed by atoms with Crippen LogP contribution >= 0.6 is 11.6 Å². The van der Waals surface area contributed by atoms with E-state index in [-0.39, 0.29) is 0 Å². The van der Waals surface area contributed by atoms with Crippen molar-refractivity contribution < 1.29 is 4.74 Å². The first-order valence-corrected chi connectivity index (χ1v) is 4.14. The van der Waals surface area contributed by atoms with Gasteiger partial charge in [0.25, 0.3) is 0 Å². The van der Waals surface area contributed by atoms with Gasteiger partial charge in [0.2, 0.25) is 0 Å². The van der Waals surface area contributed by atoms with Crippen molar-refractivity contribution in [1.82, 2.24) is 9.97 Å². The molecule has 0 aliphatic carbocycles. The maximum Gasteiger partial charge on any atom is 0.316 e. The zero-order valence-corrected chi connectivity index (χ0v) is 7.75. The lowest BCUT2D eigenvalue weighted by Gasteiger charge is -1.99. The molecule has 0 fully saturated rings. The lowest BCUT2D eigenvalue weighted by molar-refractivity contribution is 0.382. The smallest absolute Gasteiger partial charge is 0.316 e. The van der Waals surface area contributed by atoms with Crippen LogP contribution in [0.25, 0.3) is 10.9 Å². The molecule has 0 bridgehead atoms. The Balaban J connectivity index is 2.66. The Bertz CT molecular complexity index is 445. The van der Waals surface area contributed by atoms with Gasteiger partial charge in [-0.05, 0) is 18.2 Å². The first-order valence-electron chi connectivity index (χ1n) is 3.76. The predicted molar refractivity (Wildman–Crippen MR) is 51.1 cm³/mol. The van der Waals surface area contributed by atoms with E-state index in [1.54, 1.807) is 12.3 Å². The molecule has 0 aliphatic rings. The molecule has 2 rings (SSSR count). The van der Waals surface area contributed by atoms with Crippen molar-refractivity contribution in [2.24, 2.45) is 0 Å². The highest BCUT2D eigenvalue weighted by atomic mass is 35.5. The van der Waals surface area contributed by atoms with E-state index in [4.69, 9.17) is 16.3 Å². The number of hydrogen-bond donors (Lipinski definition) is 0. The van der Waals surface area contributed by atoms with E-state index in [1.807, 2.05) is 12.1 Å². The summed E-state index contributed by atoms with van der Waals surface area (Å²) in [5, 5.41) is 1.59. The summed E-state index contributed by atoms with van der Waals surface area (Å²) in [4.78, 5) is 8.12. The Morgan fingerprint density at radius 2 is 2.23 bits per heavy atom. The van der Waals surface area contributed by atoms with Gasteiger partial charge in [0.1, 0.15) is 0 Å². The molecule has 0 spiro atoms. The molecule has 1 aromatic carbocycles. The van der Waals surface area contributed by atoms with Crippen LogP contribution in [0.4, 0.5) is 0 Å². The van der Waals surface area contributed by atoms with Crippen LogP contribution in [-0.2, 0) is 0 Å². The quantitative estimate of drug-likeness (QED) is 0.699. The molecule has 0 saturated carbocycles. The van der Waals surface area contributed by atoms with Gasteiger partial charge in [-0.2, -0.15) is 4.98 Å². The molecule has 4 heteroatoms. The molecule has 3 nitrogen and oxygen atoms in total. The summed E-state index contributed by atoms with van der Waals surface area (Å²) < 4.78 is 4.90. The van der Waals surface area contributed by atoms with E-state index in [2.05, 4.69) is 9.97 Å². The number of halogens is 1. The molecule has 0 unspecified atom stereocenters. The van der Waals surface area contributed by atoms with E-state index in [0.717, 1.165) is 10.9 Å². The number of rotatable bonds is 1. The number of methoxy groups -OCH3 is 1. The molecule has 1 heterocycles. The number of hydrogen-bond acceptors (Lipinski definition) is 3. The Kier molecular flexibility index (Phi) is 2.02. The van der Waals surface area contributed by atoms with Gasteiger partial charge in [0.05, 0.1) is 12.6 Å². The molecular formula is C9H7ClN2O. The zero-order valence-electron chi connectivity index (χ0n) is 6.99. The number of nitrogens with zero attached hydrogens (tertiary/aromatic N) is 2. The van der Waals surface area contributed by atoms with E-state index in [9.17, 15) is 0 Å². The summed E-state index contributed by atoms with van der Waals surface area (Å²) in [6.45, 7) is 0. The molecule has 1 aromatic heterocycles. The summed E-state index contributed by atoms with van der Waals surface area (Å²) in [6.07, 6.45) is 1.69. The normalized spacial score (nSPS) is 10.3. The molecule has 0 aliphatic heterocycles. The molecule has 0 amide bonds.